The van der Waals surface area contributed by atoms with E-state index < -0.39 is 12.1 Å². The zero-order valence-corrected chi connectivity index (χ0v) is 19.6. The van der Waals surface area contributed by atoms with Crippen LogP contribution in [0.1, 0.15) is 37.2 Å². The summed E-state index contributed by atoms with van der Waals surface area (Å²) in [5, 5.41) is 6.43. The van der Waals surface area contributed by atoms with E-state index in [1.54, 1.807) is 18.1 Å². The second-order valence-electron chi connectivity index (χ2n) is 10.3. The molecular weight excluding hydrogens is 436 g/mol. The highest BCUT2D eigenvalue weighted by atomic mass is 16.5. The summed E-state index contributed by atoms with van der Waals surface area (Å²) in [6, 6.07) is 5.88. The van der Waals surface area contributed by atoms with Gasteiger partial charge in [0.2, 0.25) is 11.8 Å². The van der Waals surface area contributed by atoms with Gasteiger partial charge in [-0.25, -0.2) is 0 Å². The molecule has 9 nitrogen and oxygen atoms in total. The molecule has 180 valence electrons. The molecule has 3 heterocycles. The van der Waals surface area contributed by atoms with Crippen LogP contribution < -0.4 is 15.4 Å². The molecule has 34 heavy (non-hydrogen) atoms. The highest BCUT2D eigenvalue weighted by molar-refractivity contribution is 6.01. The number of aromatic nitrogens is 1. The smallest absolute Gasteiger partial charge is 0.271 e. The SMILES string of the molecule is COc1ccc2[nH]c(C(=O)N3C[C@H]4[C@@H]([C@H]3C(=O)N[C@H](C=O)C[C@@H]3CCNC3=O)C4(C)C)cc2c1. The number of hydrogen-bond acceptors (Lipinski definition) is 5. The Morgan fingerprint density at radius 1 is 1.32 bits per heavy atom. The average molecular weight is 467 g/mol. The van der Waals surface area contributed by atoms with Crippen molar-refractivity contribution in [3.05, 3.63) is 30.0 Å². The lowest BCUT2D eigenvalue weighted by Crippen LogP contribution is -2.52. The van der Waals surface area contributed by atoms with Crippen LogP contribution >= 0.6 is 0 Å². The first-order valence-corrected chi connectivity index (χ1v) is 11.8. The molecule has 1 aliphatic carbocycles. The van der Waals surface area contributed by atoms with E-state index in [4.69, 9.17) is 4.74 Å². The maximum absolute atomic E-state index is 13.5. The van der Waals surface area contributed by atoms with Crippen molar-refractivity contribution in [2.24, 2.45) is 23.2 Å². The van der Waals surface area contributed by atoms with E-state index in [1.165, 1.54) is 0 Å². The second kappa shape index (κ2) is 8.14. The number of carbonyl (C=O) groups is 4. The fourth-order valence-corrected chi connectivity index (χ4v) is 5.90. The first kappa shape index (κ1) is 22.4. The van der Waals surface area contributed by atoms with Crippen LogP contribution in [-0.2, 0) is 14.4 Å². The highest BCUT2D eigenvalue weighted by Gasteiger charge is 2.69. The number of ether oxygens (including phenoxy) is 1. The predicted octanol–water partition coefficient (Wildman–Crippen LogP) is 1.48. The minimum absolute atomic E-state index is 0.0306. The van der Waals surface area contributed by atoms with E-state index in [0.717, 1.165) is 10.9 Å². The van der Waals surface area contributed by atoms with Gasteiger partial charge in [-0.2, -0.15) is 0 Å². The number of H-pyrrole nitrogens is 1. The molecule has 0 unspecified atom stereocenters. The van der Waals surface area contributed by atoms with Crippen molar-refractivity contribution in [2.45, 2.75) is 38.8 Å². The largest absolute Gasteiger partial charge is 0.497 e. The molecule has 3 aliphatic rings. The van der Waals surface area contributed by atoms with Gasteiger partial charge in [-0.05, 0) is 54.4 Å². The number of hydrogen-bond donors (Lipinski definition) is 3. The Morgan fingerprint density at radius 3 is 2.79 bits per heavy atom. The molecule has 3 N–H and O–H groups in total. The third-order valence-electron chi connectivity index (χ3n) is 7.99. The number of nitrogens with one attached hydrogen (secondary N) is 3. The van der Waals surface area contributed by atoms with Crippen LogP contribution in [0.15, 0.2) is 24.3 Å². The van der Waals surface area contributed by atoms with E-state index in [0.29, 0.717) is 37.2 Å². The van der Waals surface area contributed by atoms with Gasteiger partial charge in [-0.15, -0.1) is 0 Å². The Kier molecular flexibility index (Phi) is 5.37. The summed E-state index contributed by atoms with van der Waals surface area (Å²) in [4.78, 5) is 55.3. The molecule has 5 rings (SSSR count). The molecule has 1 aromatic carbocycles. The van der Waals surface area contributed by atoms with Crippen molar-refractivity contribution in [1.29, 1.82) is 0 Å². The van der Waals surface area contributed by atoms with Crippen LogP contribution in [-0.4, -0.2) is 66.2 Å². The fourth-order valence-electron chi connectivity index (χ4n) is 5.90. The standard InChI is InChI=1S/C25H30N4O5/c1-25(2)17-11-29(24(33)19-10-14-9-16(34-3)4-5-18(14)28-19)21(20(17)25)23(32)27-15(12-30)8-13-6-7-26-22(13)31/h4-5,9-10,12-13,15,17,20-21,28H,6-8,11H2,1-3H3,(H,26,31)(H,27,32)/t13-,15-,17-,20-,21-/m0/s1. The summed E-state index contributed by atoms with van der Waals surface area (Å²) in [6.07, 6.45) is 1.60. The van der Waals surface area contributed by atoms with Gasteiger partial charge in [0.25, 0.3) is 5.91 Å². The monoisotopic (exact) mass is 466 g/mol. The van der Waals surface area contributed by atoms with E-state index in [2.05, 4.69) is 29.5 Å². The van der Waals surface area contributed by atoms with Gasteiger partial charge in [0.1, 0.15) is 23.8 Å². The number of rotatable bonds is 7. The highest BCUT2D eigenvalue weighted by Crippen LogP contribution is 2.65. The zero-order chi connectivity index (χ0) is 24.2. The quantitative estimate of drug-likeness (QED) is 0.534. The Balaban J connectivity index is 1.36. The molecule has 1 saturated carbocycles. The predicted molar refractivity (Wildman–Crippen MR) is 124 cm³/mol. The fraction of sp³-hybridized carbons (Fsp3) is 0.520. The molecule has 1 aromatic heterocycles. The Bertz CT molecular complexity index is 1170. The van der Waals surface area contributed by atoms with Crippen molar-refractivity contribution in [3.63, 3.8) is 0 Å². The van der Waals surface area contributed by atoms with E-state index >= 15 is 0 Å². The number of nitrogens with zero attached hydrogens (tertiary/aromatic N) is 1. The molecule has 9 heteroatoms. The number of likely N-dealkylation sites (tertiary alicyclic amines) is 1. The molecule has 0 radical (unpaired) electrons. The van der Waals surface area contributed by atoms with Crippen LogP contribution in [0.5, 0.6) is 5.75 Å². The third-order valence-corrected chi connectivity index (χ3v) is 7.99. The summed E-state index contributed by atoms with van der Waals surface area (Å²) in [7, 11) is 1.59. The van der Waals surface area contributed by atoms with E-state index in [1.807, 2.05) is 18.2 Å². The van der Waals surface area contributed by atoms with Crippen molar-refractivity contribution in [2.75, 3.05) is 20.2 Å². The lowest BCUT2D eigenvalue weighted by atomic mass is 9.97. The Morgan fingerprint density at radius 2 is 2.12 bits per heavy atom. The van der Waals surface area contributed by atoms with E-state index in [9.17, 15) is 19.2 Å². The van der Waals surface area contributed by atoms with Gasteiger partial charge in [-0.1, -0.05) is 13.8 Å². The van der Waals surface area contributed by atoms with E-state index in [-0.39, 0.29) is 47.3 Å². The summed E-state index contributed by atoms with van der Waals surface area (Å²) in [6.45, 7) is 5.30. The summed E-state index contributed by atoms with van der Waals surface area (Å²) in [5.41, 5.74) is 1.18. The van der Waals surface area contributed by atoms with Crippen LogP contribution in [0.25, 0.3) is 10.9 Å². The lowest BCUT2D eigenvalue weighted by Gasteiger charge is -2.30. The Labute approximate surface area is 197 Å². The van der Waals surface area contributed by atoms with Gasteiger partial charge >= 0.3 is 0 Å². The third kappa shape index (κ3) is 3.63. The van der Waals surface area contributed by atoms with Crippen LogP contribution in [0.2, 0.25) is 0 Å². The maximum Gasteiger partial charge on any atom is 0.271 e. The topological polar surface area (TPSA) is 121 Å². The van der Waals surface area contributed by atoms with Crippen LogP contribution in [0, 0.1) is 23.2 Å². The summed E-state index contributed by atoms with van der Waals surface area (Å²) in [5.74, 6) is 0.0106. The molecule has 2 aromatic rings. The second-order valence-corrected chi connectivity index (χ2v) is 10.3. The van der Waals surface area contributed by atoms with Crippen molar-refractivity contribution in [3.8, 4) is 5.75 Å². The molecule has 0 bridgehead atoms. The number of aromatic amines is 1. The van der Waals surface area contributed by atoms with Crippen LogP contribution in [0.3, 0.4) is 0 Å². The summed E-state index contributed by atoms with van der Waals surface area (Å²) < 4.78 is 5.27. The molecule has 3 amide bonds. The first-order chi connectivity index (χ1) is 16.2. The molecule has 5 atom stereocenters. The van der Waals surface area contributed by atoms with Crippen LogP contribution in [0.4, 0.5) is 0 Å². The number of fused-ring (bicyclic) bond motifs is 2. The number of carbonyl (C=O) groups excluding carboxylic acids is 4. The number of aldehydes is 1. The molecular formula is C25H30N4O5. The van der Waals surface area contributed by atoms with Gasteiger partial charge in [0.15, 0.2) is 0 Å². The van der Waals surface area contributed by atoms with Gasteiger partial charge in [0, 0.05) is 29.9 Å². The molecule has 2 aliphatic heterocycles. The first-order valence-electron chi connectivity index (χ1n) is 11.8. The van der Waals surface area contributed by atoms with Crippen molar-refractivity contribution < 1.29 is 23.9 Å². The molecule has 2 saturated heterocycles. The van der Waals surface area contributed by atoms with Gasteiger partial charge < -0.3 is 30.0 Å². The maximum atomic E-state index is 13.5. The van der Waals surface area contributed by atoms with Crippen molar-refractivity contribution in [1.82, 2.24) is 20.5 Å². The number of benzene rings is 1. The zero-order valence-electron chi connectivity index (χ0n) is 19.6. The summed E-state index contributed by atoms with van der Waals surface area (Å²) >= 11 is 0. The minimum Gasteiger partial charge on any atom is -0.497 e. The Hall–Kier alpha value is -3.36. The number of amides is 3. The number of methoxy groups -OCH3 is 1. The van der Waals surface area contributed by atoms with Gasteiger partial charge in [-0.3, -0.25) is 14.4 Å². The molecule has 3 fully saturated rings. The minimum atomic E-state index is -0.764. The normalized spacial score (nSPS) is 27.7. The number of piperidine rings is 1. The molecule has 0 spiro atoms. The average Bonchev–Trinajstić information content (AvgIpc) is 3.32. The van der Waals surface area contributed by atoms with Crippen molar-refractivity contribution >= 4 is 34.9 Å². The lowest BCUT2D eigenvalue weighted by molar-refractivity contribution is -0.129. The van der Waals surface area contributed by atoms with Gasteiger partial charge in [0.05, 0.1) is 13.2 Å².